The van der Waals surface area contributed by atoms with Crippen molar-refractivity contribution in [1.29, 1.82) is 0 Å². The van der Waals surface area contributed by atoms with E-state index in [1.165, 1.54) is 24.1 Å². The number of sulfonamides is 1. The summed E-state index contributed by atoms with van der Waals surface area (Å²) < 4.78 is 35.6. The quantitative estimate of drug-likeness (QED) is 0.152. The Balaban J connectivity index is 1.54. The molecule has 5 rings (SSSR count). The minimum atomic E-state index is -4.22. The number of nitrogens with one attached hydrogen (secondary N) is 1. The first-order valence-corrected chi connectivity index (χ1v) is 17.1. The van der Waals surface area contributed by atoms with E-state index in [0.29, 0.717) is 11.5 Å². The molecule has 48 heavy (non-hydrogen) atoms. The highest BCUT2D eigenvalue weighted by atomic mass is 32.2. The topological polar surface area (TPSA) is 96.0 Å². The molecule has 0 spiro atoms. The lowest BCUT2D eigenvalue weighted by atomic mass is 10.0. The molecule has 0 bridgehead atoms. The van der Waals surface area contributed by atoms with E-state index < -0.39 is 28.5 Å². The molecule has 9 heteroatoms. The average molecular weight is 662 g/mol. The second kappa shape index (κ2) is 15.5. The van der Waals surface area contributed by atoms with E-state index in [1.54, 1.807) is 36.4 Å². The van der Waals surface area contributed by atoms with Crippen molar-refractivity contribution >= 4 is 27.5 Å². The van der Waals surface area contributed by atoms with E-state index in [9.17, 15) is 18.0 Å². The molecule has 1 atom stereocenters. The maximum Gasteiger partial charge on any atom is 0.264 e. The standard InChI is InChI=1S/C39H39N3O5S/c1-29-14-18-32(19-15-29)27-41(37(39(44)40-3)26-31-10-6-4-7-11-31)38(43)28-42(48(45,46)36-24-16-30(2)17-25-36)33-20-22-35(23-21-33)47-34-12-8-5-9-13-34/h4-25,37H,26-28H2,1-3H3,(H,40,44). The molecule has 1 N–H and O–H groups in total. The molecule has 5 aromatic carbocycles. The molecule has 0 heterocycles. The SMILES string of the molecule is CNC(=O)C(Cc1ccccc1)N(Cc1ccc(C)cc1)C(=O)CN(c1ccc(Oc2ccccc2)cc1)S(=O)(=O)c1ccc(C)cc1. The van der Waals surface area contributed by atoms with Crippen LogP contribution in [-0.2, 0) is 32.6 Å². The lowest BCUT2D eigenvalue weighted by molar-refractivity contribution is -0.139. The van der Waals surface area contributed by atoms with Crippen molar-refractivity contribution in [3.63, 3.8) is 0 Å². The number of nitrogens with zero attached hydrogens (tertiary/aromatic N) is 2. The molecule has 0 aromatic heterocycles. The molecular formula is C39H39N3O5S. The fourth-order valence-electron chi connectivity index (χ4n) is 5.28. The second-order valence-corrected chi connectivity index (χ2v) is 13.4. The Bertz CT molecular complexity index is 1910. The van der Waals surface area contributed by atoms with E-state index in [2.05, 4.69) is 5.32 Å². The summed E-state index contributed by atoms with van der Waals surface area (Å²) in [6, 6.07) is 38.5. The molecule has 0 aliphatic carbocycles. The molecule has 0 saturated carbocycles. The summed E-state index contributed by atoms with van der Waals surface area (Å²) in [5, 5.41) is 2.71. The van der Waals surface area contributed by atoms with Crippen molar-refractivity contribution in [2.45, 2.75) is 37.8 Å². The van der Waals surface area contributed by atoms with Crippen LogP contribution in [0.15, 0.2) is 138 Å². The zero-order valence-corrected chi connectivity index (χ0v) is 28.1. The number of carbonyl (C=O) groups excluding carboxylic acids is 2. The number of anilines is 1. The number of benzene rings is 5. The van der Waals surface area contributed by atoms with Crippen LogP contribution in [-0.4, -0.2) is 44.8 Å². The van der Waals surface area contributed by atoms with Gasteiger partial charge in [0, 0.05) is 20.0 Å². The number of hydrogen-bond acceptors (Lipinski definition) is 5. The van der Waals surface area contributed by atoms with Crippen LogP contribution in [0, 0.1) is 13.8 Å². The van der Waals surface area contributed by atoms with E-state index >= 15 is 0 Å². The van der Waals surface area contributed by atoms with Crippen molar-refractivity contribution in [2.24, 2.45) is 0 Å². The highest BCUT2D eigenvalue weighted by molar-refractivity contribution is 7.92. The highest BCUT2D eigenvalue weighted by Gasteiger charge is 2.34. The predicted molar refractivity (Wildman–Crippen MR) is 188 cm³/mol. The maximum atomic E-state index is 14.5. The molecular weight excluding hydrogens is 623 g/mol. The Morgan fingerprint density at radius 3 is 1.81 bits per heavy atom. The van der Waals surface area contributed by atoms with Gasteiger partial charge in [-0.2, -0.15) is 0 Å². The normalized spacial score (nSPS) is 11.7. The summed E-state index contributed by atoms with van der Waals surface area (Å²) >= 11 is 0. The molecule has 5 aromatic rings. The number of para-hydroxylation sites is 1. The number of aryl methyl sites for hydroxylation is 2. The zero-order chi connectivity index (χ0) is 34.1. The summed E-state index contributed by atoms with van der Waals surface area (Å²) in [5.74, 6) is 0.262. The van der Waals surface area contributed by atoms with Crippen LogP contribution in [0.25, 0.3) is 0 Å². The minimum absolute atomic E-state index is 0.0442. The third-order valence-corrected chi connectivity index (χ3v) is 9.77. The van der Waals surface area contributed by atoms with Gasteiger partial charge in [0.1, 0.15) is 24.1 Å². The van der Waals surface area contributed by atoms with Gasteiger partial charge in [-0.25, -0.2) is 8.42 Å². The first kappa shape index (κ1) is 33.9. The van der Waals surface area contributed by atoms with Gasteiger partial charge in [0.2, 0.25) is 11.8 Å². The fourth-order valence-corrected chi connectivity index (χ4v) is 6.70. The maximum absolute atomic E-state index is 14.5. The summed E-state index contributed by atoms with van der Waals surface area (Å²) in [6.07, 6.45) is 0.244. The van der Waals surface area contributed by atoms with Crippen molar-refractivity contribution in [1.82, 2.24) is 10.2 Å². The molecule has 0 fully saturated rings. The molecule has 246 valence electrons. The van der Waals surface area contributed by atoms with Gasteiger partial charge in [0.15, 0.2) is 0 Å². The number of rotatable bonds is 13. The Morgan fingerprint density at radius 2 is 1.23 bits per heavy atom. The summed E-state index contributed by atoms with van der Waals surface area (Å²) in [5.41, 5.74) is 3.91. The van der Waals surface area contributed by atoms with Crippen molar-refractivity contribution < 1.29 is 22.7 Å². The van der Waals surface area contributed by atoms with Gasteiger partial charge in [-0.1, -0.05) is 96.1 Å². The lowest BCUT2D eigenvalue weighted by Gasteiger charge is -2.33. The molecule has 0 aliphatic heterocycles. The van der Waals surface area contributed by atoms with E-state index in [4.69, 9.17) is 4.74 Å². The van der Waals surface area contributed by atoms with Crippen LogP contribution in [0.1, 0.15) is 22.3 Å². The summed E-state index contributed by atoms with van der Waals surface area (Å²) in [7, 11) is -2.69. The van der Waals surface area contributed by atoms with Crippen LogP contribution < -0.4 is 14.4 Å². The molecule has 1 unspecified atom stereocenters. The predicted octanol–water partition coefficient (Wildman–Crippen LogP) is 6.68. The summed E-state index contributed by atoms with van der Waals surface area (Å²) in [4.78, 5) is 29.5. The third kappa shape index (κ3) is 8.49. The number of likely N-dealkylation sites (N-methyl/N-ethyl adjacent to an activating group) is 1. The lowest BCUT2D eigenvalue weighted by Crippen LogP contribution is -2.53. The fraction of sp³-hybridized carbons (Fsp3) is 0.179. The van der Waals surface area contributed by atoms with Gasteiger partial charge >= 0.3 is 0 Å². The molecule has 0 saturated heterocycles. The monoisotopic (exact) mass is 661 g/mol. The Kier molecular flexibility index (Phi) is 10.9. The molecule has 0 radical (unpaired) electrons. The Morgan fingerprint density at radius 1 is 0.688 bits per heavy atom. The van der Waals surface area contributed by atoms with Crippen LogP contribution in [0.2, 0.25) is 0 Å². The molecule has 0 aliphatic rings. The largest absolute Gasteiger partial charge is 0.457 e. The van der Waals surface area contributed by atoms with Crippen molar-refractivity contribution in [2.75, 3.05) is 17.9 Å². The number of ether oxygens (including phenoxy) is 1. The van der Waals surface area contributed by atoms with Crippen LogP contribution >= 0.6 is 0 Å². The van der Waals surface area contributed by atoms with E-state index in [-0.39, 0.29) is 29.5 Å². The smallest absolute Gasteiger partial charge is 0.264 e. The zero-order valence-electron chi connectivity index (χ0n) is 27.2. The van der Waals surface area contributed by atoms with Gasteiger partial charge in [-0.3, -0.25) is 13.9 Å². The van der Waals surface area contributed by atoms with E-state index in [0.717, 1.165) is 26.6 Å². The first-order valence-electron chi connectivity index (χ1n) is 15.7. The van der Waals surface area contributed by atoms with Gasteiger partial charge in [-0.05, 0) is 73.5 Å². The third-order valence-electron chi connectivity index (χ3n) is 7.98. The van der Waals surface area contributed by atoms with Gasteiger partial charge < -0.3 is 15.0 Å². The average Bonchev–Trinajstić information content (AvgIpc) is 3.10. The first-order chi connectivity index (χ1) is 23.1. The van der Waals surface area contributed by atoms with Crippen molar-refractivity contribution in [3.8, 4) is 11.5 Å². The van der Waals surface area contributed by atoms with Gasteiger partial charge in [0.25, 0.3) is 10.0 Å². The molecule has 2 amide bonds. The second-order valence-electron chi connectivity index (χ2n) is 11.6. The minimum Gasteiger partial charge on any atom is -0.457 e. The number of carbonyl (C=O) groups is 2. The van der Waals surface area contributed by atoms with Crippen LogP contribution in [0.5, 0.6) is 11.5 Å². The van der Waals surface area contributed by atoms with Crippen LogP contribution in [0.4, 0.5) is 5.69 Å². The van der Waals surface area contributed by atoms with Gasteiger partial charge in [0.05, 0.1) is 10.6 Å². The number of amides is 2. The van der Waals surface area contributed by atoms with Crippen molar-refractivity contribution in [3.05, 3.63) is 156 Å². The molecule has 8 nitrogen and oxygen atoms in total. The van der Waals surface area contributed by atoms with E-state index in [1.807, 2.05) is 98.8 Å². The van der Waals surface area contributed by atoms with Crippen LogP contribution in [0.3, 0.4) is 0 Å². The Labute approximate surface area is 282 Å². The summed E-state index contributed by atoms with van der Waals surface area (Å²) in [6.45, 7) is 3.41. The highest BCUT2D eigenvalue weighted by Crippen LogP contribution is 2.29. The van der Waals surface area contributed by atoms with Gasteiger partial charge in [-0.15, -0.1) is 0 Å². The Hall–Kier alpha value is -5.41. The number of hydrogen-bond donors (Lipinski definition) is 1.